The Morgan fingerprint density at radius 3 is 2.93 bits per heavy atom. The maximum Gasteiger partial charge on any atom is 0.250 e. The highest BCUT2D eigenvalue weighted by Crippen LogP contribution is 2.33. The molecule has 0 aliphatic heterocycles. The van der Waals surface area contributed by atoms with Gasteiger partial charge in [-0.2, -0.15) is 0 Å². The molecule has 27 heavy (non-hydrogen) atoms. The molecule has 0 saturated carbocycles. The Balaban J connectivity index is 1.86. The zero-order chi connectivity index (χ0) is 19.4. The first-order chi connectivity index (χ1) is 13.0. The average molecular weight is 404 g/mol. The van der Waals surface area contributed by atoms with Crippen LogP contribution in [0.1, 0.15) is 31.9 Å². The normalized spacial score (nSPS) is 11.8. The molecule has 0 atom stereocenters. The molecule has 8 heteroatoms. The smallest absolute Gasteiger partial charge is 0.250 e. The molecule has 1 N–H and O–H groups in total. The molecule has 6 nitrogen and oxygen atoms in total. The second-order valence-electron chi connectivity index (χ2n) is 5.82. The summed E-state index contributed by atoms with van der Waals surface area (Å²) in [6.07, 6.45) is 3.27. The summed E-state index contributed by atoms with van der Waals surface area (Å²) in [5.41, 5.74) is 3.47. The fourth-order valence-corrected chi connectivity index (χ4v) is 4.28. The number of thioether (sulfide) groups is 1. The molecular weight excluding hydrogens is 382 g/mol. The summed E-state index contributed by atoms with van der Waals surface area (Å²) in [6, 6.07) is 3.87. The fourth-order valence-electron chi connectivity index (χ4n) is 2.62. The number of hydrogen-bond donors (Lipinski definition) is 1. The standard InChI is InChI=1S/C19H21N3O3S2/c1-5-24-15-9-16-14(12(4)10-25-16)8-13(15)11(3)7-17(23)20-18-21-22-19(27-18)26-6-2/h7-10H,5-6H2,1-4H3,(H,20,21,23)/b11-7+. The number of nitrogens with one attached hydrogen (secondary N) is 1. The third kappa shape index (κ3) is 4.51. The molecular formula is C19H21N3O3S2. The summed E-state index contributed by atoms with van der Waals surface area (Å²) in [4.78, 5) is 12.4. The highest BCUT2D eigenvalue weighted by atomic mass is 32.2. The van der Waals surface area contributed by atoms with Crippen LogP contribution in [-0.2, 0) is 4.79 Å². The number of aryl methyl sites for hydroxylation is 1. The molecule has 0 fully saturated rings. The van der Waals surface area contributed by atoms with Crippen LogP contribution in [0.25, 0.3) is 16.5 Å². The van der Waals surface area contributed by atoms with Crippen molar-refractivity contribution >= 4 is 50.7 Å². The van der Waals surface area contributed by atoms with Crippen LogP contribution in [0.4, 0.5) is 5.13 Å². The third-order valence-corrected chi connectivity index (χ3v) is 5.70. The van der Waals surface area contributed by atoms with E-state index in [4.69, 9.17) is 9.15 Å². The number of fused-ring (bicyclic) bond motifs is 1. The number of rotatable bonds is 7. The van der Waals surface area contributed by atoms with E-state index in [0.717, 1.165) is 37.8 Å². The van der Waals surface area contributed by atoms with E-state index in [1.807, 2.05) is 39.8 Å². The monoisotopic (exact) mass is 403 g/mol. The van der Waals surface area contributed by atoms with Crippen LogP contribution in [-0.4, -0.2) is 28.5 Å². The maximum absolute atomic E-state index is 12.4. The molecule has 0 saturated heterocycles. The predicted molar refractivity (Wildman–Crippen MR) is 111 cm³/mol. The Bertz CT molecular complexity index is 991. The molecule has 3 rings (SSSR count). The van der Waals surface area contributed by atoms with E-state index in [0.29, 0.717) is 17.5 Å². The lowest BCUT2D eigenvalue weighted by Crippen LogP contribution is -2.08. The van der Waals surface area contributed by atoms with Gasteiger partial charge in [0.2, 0.25) is 11.0 Å². The van der Waals surface area contributed by atoms with Gasteiger partial charge in [0, 0.05) is 23.1 Å². The van der Waals surface area contributed by atoms with Crippen LogP contribution in [0.2, 0.25) is 0 Å². The largest absolute Gasteiger partial charge is 0.493 e. The van der Waals surface area contributed by atoms with Gasteiger partial charge in [-0.1, -0.05) is 30.0 Å². The Labute approximate surface area is 166 Å². The predicted octanol–water partition coefficient (Wildman–Crippen LogP) is 5.15. The van der Waals surface area contributed by atoms with E-state index in [2.05, 4.69) is 15.5 Å². The van der Waals surface area contributed by atoms with Gasteiger partial charge in [0.15, 0.2) is 4.34 Å². The number of hydrogen-bond acceptors (Lipinski definition) is 7. The van der Waals surface area contributed by atoms with E-state index in [1.165, 1.54) is 11.3 Å². The summed E-state index contributed by atoms with van der Waals surface area (Å²) in [5, 5.41) is 12.3. The van der Waals surface area contributed by atoms with Crippen molar-refractivity contribution in [3.05, 3.63) is 35.6 Å². The van der Waals surface area contributed by atoms with Crippen molar-refractivity contribution in [3.8, 4) is 5.75 Å². The molecule has 0 unspecified atom stereocenters. The van der Waals surface area contributed by atoms with Gasteiger partial charge in [-0.15, -0.1) is 10.2 Å². The summed E-state index contributed by atoms with van der Waals surface area (Å²) in [5.74, 6) is 1.36. The van der Waals surface area contributed by atoms with Crippen molar-refractivity contribution in [1.29, 1.82) is 0 Å². The summed E-state index contributed by atoms with van der Waals surface area (Å²) in [7, 11) is 0. The zero-order valence-electron chi connectivity index (χ0n) is 15.7. The van der Waals surface area contributed by atoms with Gasteiger partial charge in [0.05, 0.1) is 12.9 Å². The van der Waals surface area contributed by atoms with E-state index < -0.39 is 0 Å². The van der Waals surface area contributed by atoms with Crippen LogP contribution < -0.4 is 10.1 Å². The van der Waals surface area contributed by atoms with Crippen LogP contribution in [0, 0.1) is 6.92 Å². The van der Waals surface area contributed by atoms with Crippen LogP contribution in [0.5, 0.6) is 5.75 Å². The summed E-state index contributed by atoms with van der Waals surface area (Å²) >= 11 is 2.96. The first-order valence-electron chi connectivity index (χ1n) is 8.62. The molecule has 142 valence electrons. The van der Waals surface area contributed by atoms with Crippen LogP contribution in [0.3, 0.4) is 0 Å². The van der Waals surface area contributed by atoms with Crippen LogP contribution >= 0.6 is 23.1 Å². The number of anilines is 1. The van der Waals surface area contributed by atoms with Crippen molar-refractivity contribution in [2.75, 3.05) is 17.7 Å². The topological polar surface area (TPSA) is 77.2 Å². The van der Waals surface area contributed by atoms with Crippen molar-refractivity contribution in [2.24, 2.45) is 0 Å². The van der Waals surface area contributed by atoms with Crippen molar-refractivity contribution < 1.29 is 13.9 Å². The minimum Gasteiger partial charge on any atom is -0.493 e. The lowest BCUT2D eigenvalue weighted by molar-refractivity contribution is -0.111. The Kier molecular flexibility index (Phi) is 6.18. The lowest BCUT2D eigenvalue weighted by atomic mass is 10.0. The molecule has 1 aromatic carbocycles. The van der Waals surface area contributed by atoms with Gasteiger partial charge in [0.25, 0.3) is 0 Å². The minimum absolute atomic E-state index is 0.247. The van der Waals surface area contributed by atoms with E-state index >= 15 is 0 Å². The molecule has 0 spiro atoms. The molecule has 0 aliphatic carbocycles. The van der Waals surface area contributed by atoms with Gasteiger partial charge < -0.3 is 9.15 Å². The van der Waals surface area contributed by atoms with Gasteiger partial charge >= 0.3 is 0 Å². The SMILES string of the molecule is CCOc1cc2occ(C)c2cc1/C(C)=C/C(=O)Nc1nnc(SCC)s1. The van der Waals surface area contributed by atoms with E-state index in [9.17, 15) is 4.79 Å². The van der Waals surface area contributed by atoms with Gasteiger partial charge in [-0.25, -0.2) is 0 Å². The number of benzene rings is 1. The number of carbonyl (C=O) groups is 1. The number of amides is 1. The first kappa shape index (κ1) is 19.4. The lowest BCUT2D eigenvalue weighted by Gasteiger charge is -2.11. The maximum atomic E-state index is 12.4. The van der Waals surface area contributed by atoms with Gasteiger partial charge in [-0.05, 0) is 43.7 Å². The van der Waals surface area contributed by atoms with Gasteiger partial charge in [-0.3, -0.25) is 10.1 Å². The highest BCUT2D eigenvalue weighted by molar-refractivity contribution is 8.01. The quantitative estimate of drug-likeness (QED) is 0.334. The molecule has 2 heterocycles. The molecule has 3 aromatic rings. The number of ether oxygens (including phenoxy) is 1. The molecule has 2 aromatic heterocycles. The number of furan rings is 1. The first-order valence-corrected chi connectivity index (χ1v) is 10.4. The number of aromatic nitrogens is 2. The Morgan fingerprint density at radius 2 is 2.19 bits per heavy atom. The molecule has 1 amide bonds. The zero-order valence-corrected chi connectivity index (χ0v) is 17.3. The number of allylic oxidation sites excluding steroid dienone is 1. The molecule has 0 aliphatic rings. The van der Waals surface area contributed by atoms with Crippen LogP contribution in [0.15, 0.2) is 33.2 Å². The average Bonchev–Trinajstić information content (AvgIpc) is 3.21. The van der Waals surface area contributed by atoms with Crippen molar-refractivity contribution in [3.63, 3.8) is 0 Å². The van der Waals surface area contributed by atoms with E-state index in [-0.39, 0.29) is 5.91 Å². The van der Waals surface area contributed by atoms with Crippen molar-refractivity contribution in [1.82, 2.24) is 10.2 Å². The Hall–Kier alpha value is -2.32. The number of carbonyl (C=O) groups excluding carboxylic acids is 1. The second kappa shape index (κ2) is 8.58. The van der Waals surface area contributed by atoms with Crippen molar-refractivity contribution in [2.45, 2.75) is 32.0 Å². The second-order valence-corrected chi connectivity index (χ2v) is 8.31. The van der Waals surface area contributed by atoms with E-state index in [1.54, 1.807) is 24.1 Å². The highest BCUT2D eigenvalue weighted by Gasteiger charge is 2.13. The fraction of sp³-hybridized carbons (Fsp3) is 0.316. The molecule has 0 radical (unpaired) electrons. The number of nitrogens with zero attached hydrogens (tertiary/aromatic N) is 2. The summed E-state index contributed by atoms with van der Waals surface area (Å²) in [6.45, 7) is 8.37. The Morgan fingerprint density at radius 1 is 1.37 bits per heavy atom. The summed E-state index contributed by atoms with van der Waals surface area (Å²) < 4.78 is 12.1. The van der Waals surface area contributed by atoms with Gasteiger partial charge in [0.1, 0.15) is 11.3 Å². The molecule has 0 bridgehead atoms. The third-order valence-electron chi connectivity index (χ3n) is 3.85. The minimum atomic E-state index is -0.247.